The van der Waals surface area contributed by atoms with E-state index in [1.54, 1.807) is 60.7 Å². The zero-order chi connectivity index (χ0) is 74.0. The van der Waals surface area contributed by atoms with E-state index in [0.29, 0.717) is 124 Å². The topological polar surface area (TPSA) is 187 Å². The van der Waals surface area contributed by atoms with Gasteiger partial charge in [0, 0.05) is 79.4 Å². The minimum atomic E-state index is -0.362. The number of hydrogen-bond donors (Lipinski definition) is 2. The number of rotatable bonds is 30. The molecule has 109 heavy (non-hydrogen) atoms. The van der Waals surface area contributed by atoms with Crippen molar-refractivity contribution in [2.45, 2.75) is 142 Å². The van der Waals surface area contributed by atoms with Gasteiger partial charge in [0.1, 0.15) is 0 Å². The minimum absolute atomic E-state index is 0. The van der Waals surface area contributed by atoms with Crippen molar-refractivity contribution in [1.29, 1.82) is 0 Å². The van der Waals surface area contributed by atoms with Crippen molar-refractivity contribution < 1.29 is 48.2 Å². The van der Waals surface area contributed by atoms with Gasteiger partial charge in [0.05, 0.1) is 22.8 Å². The van der Waals surface area contributed by atoms with Gasteiger partial charge in [-0.1, -0.05) is 263 Å². The van der Waals surface area contributed by atoms with Gasteiger partial charge in [-0.15, -0.1) is 22.1 Å². The quantitative estimate of drug-likeness (QED) is 0.0249. The Labute approximate surface area is 649 Å². The summed E-state index contributed by atoms with van der Waals surface area (Å²) in [6, 6.07) is 60.7. The molecule has 6 amide bonds. The van der Waals surface area contributed by atoms with Crippen LogP contribution in [0.4, 0.5) is 11.4 Å². The Morgan fingerprint density at radius 3 is 0.936 bits per heavy atom. The molecule has 14 nitrogen and oxygen atoms in total. The summed E-state index contributed by atoms with van der Waals surface area (Å²) in [5.74, 6) is -1.97. The molecule has 8 aromatic carbocycles. The number of anilines is 2. The third kappa shape index (κ3) is 15.8. The van der Waals surface area contributed by atoms with Gasteiger partial charge < -0.3 is 20.6 Å². The van der Waals surface area contributed by atoms with Crippen molar-refractivity contribution in [1.82, 2.24) is 29.7 Å². The van der Waals surface area contributed by atoms with Crippen LogP contribution in [-0.4, -0.2) is 68.3 Å². The molecule has 15 rings (SSSR count). The fourth-order valence-corrected chi connectivity index (χ4v) is 15.9. The van der Waals surface area contributed by atoms with Crippen molar-refractivity contribution in [2.24, 2.45) is 0 Å². The first kappa shape index (κ1) is 74.6. The van der Waals surface area contributed by atoms with Crippen LogP contribution in [-0.2, 0) is 19.5 Å². The van der Waals surface area contributed by atoms with Crippen LogP contribution in [0.15, 0.2) is 194 Å². The number of imide groups is 2. The summed E-state index contributed by atoms with van der Waals surface area (Å²) < 4.78 is 0. The van der Waals surface area contributed by atoms with Crippen LogP contribution in [0.1, 0.15) is 227 Å². The molecule has 0 spiro atoms. The predicted octanol–water partition coefficient (Wildman–Crippen LogP) is 22.4. The van der Waals surface area contributed by atoms with E-state index in [2.05, 4.69) is 24.5 Å². The zero-order valence-corrected chi connectivity index (χ0v) is 65.1. The molecule has 542 valence electrons. The SMILES string of the molecule is CCCCCCCCCCCCN1C(=O)c2cccc3c(NC(=O)c4ccc(-c5c6nc(c(-c7ccccc7)c7ccc([n-]7)c(-c7ccc(C(=O)Nc8ccc9c%10c(cccc8%10)C(=O)N(CCCCCCCCCCCC)C9=O)cc7)c7nc(c(-c8ccccc8)c8ccc5[n-]8)C=C7)C=C6)cc4)ccc(c23)C1=O.[Zn+2]. The van der Waals surface area contributed by atoms with Gasteiger partial charge in [-0.25, -0.2) is 9.97 Å². The molecule has 3 aromatic heterocycles. The van der Waals surface area contributed by atoms with Gasteiger partial charge in [0.15, 0.2) is 0 Å². The zero-order valence-electron chi connectivity index (χ0n) is 62.2. The second-order valence-electron chi connectivity index (χ2n) is 28.8. The molecule has 2 N–H and O–H groups in total. The molecule has 11 aromatic rings. The molecule has 0 aliphatic carbocycles. The normalized spacial score (nSPS) is 12.9. The number of carbonyl (C=O) groups excluding carboxylic acids is 6. The van der Waals surface area contributed by atoms with Gasteiger partial charge in [-0.05, 0) is 142 Å². The van der Waals surface area contributed by atoms with Crippen molar-refractivity contribution >= 4 is 115 Å². The average Bonchev–Trinajstić information content (AvgIpc) is 1.33. The third-order valence-corrected chi connectivity index (χ3v) is 21.6. The number of carbonyl (C=O) groups is 6. The molecule has 0 radical (unpaired) electrons. The molecule has 0 atom stereocenters. The molecule has 15 heteroatoms. The van der Waals surface area contributed by atoms with Crippen molar-refractivity contribution in [2.75, 3.05) is 23.7 Å². The summed E-state index contributed by atoms with van der Waals surface area (Å²) in [4.78, 5) is 110. The first-order valence-corrected chi connectivity index (χ1v) is 38.9. The molecule has 0 saturated carbocycles. The Hall–Kier alpha value is -11.3. The monoisotopic (exact) mass is 1490 g/mol. The van der Waals surface area contributed by atoms with Crippen LogP contribution in [0.2, 0.25) is 0 Å². The Bertz CT molecular complexity index is 5140. The van der Waals surface area contributed by atoms with E-state index in [-0.39, 0.29) is 54.9 Å². The van der Waals surface area contributed by atoms with Crippen LogP contribution >= 0.6 is 0 Å². The second kappa shape index (κ2) is 34.3. The largest absolute Gasteiger partial charge is 2.00 e. The number of unbranched alkanes of at least 4 members (excludes halogenated alkanes) is 18. The van der Waals surface area contributed by atoms with Crippen LogP contribution < -0.4 is 20.6 Å². The molecule has 8 bridgehead atoms. The molecule has 0 fully saturated rings. The smallest absolute Gasteiger partial charge is 0.657 e. The summed E-state index contributed by atoms with van der Waals surface area (Å²) in [6.07, 6.45) is 31.1. The Morgan fingerprint density at radius 2 is 0.615 bits per heavy atom. The number of nitrogens with one attached hydrogen (secondary N) is 2. The van der Waals surface area contributed by atoms with E-state index in [1.807, 2.05) is 158 Å². The van der Waals surface area contributed by atoms with Crippen molar-refractivity contribution in [3.8, 4) is 44.5 Å². The minimum Gasteiger partial charge on any atom is -0.657 e. The van der Waals surface area contributed by atoms with Crippen LogP contribution in [0.5, 0.6) is 0 Å². The number of nitrogens with zero attached hydrogens (tertiary/aromatic N) is 6. The molecule has 0 unspecified atom stereocenters. The maximum atomic E-state index is 14.5. The third-order valence-electron chi connectivity index (χ3n) is 21.6. The van der Waals surface area contributed by atoms with Gasteiger partial charge in [0.2, 0.25) is 0 Å². The maximum absolute atomic E-state index is 14.5. The summed E-state index contributed by atoms with van der Waals surface area (Å²) in [5.41, 5.74) is 15.3. The number of fused-ring (bicyclic) bond motifs is 8. The van der Waals surface area contributed by atoms with Gasteiger partial charge >= 0.3 is 19.5 Å². The van der Waals surface area contributed by atoms with E-state index in [9.17, 15) is 28.8 Å². The summed E-state index contributed by atoms with van der Waals surface area (Å²) in [6.45, 7) is 5.20. The standard InChI is InChI=1S/C94H90N8O6.Zn/c1-3-5-7-9-11-13-15-17-19-27-59-101-91(105)69-37-29-35-67-73(49-47-71(87(67)69)93(101)107)99-89(103)65-43-39-63(40-44-65)85-79-55-51-75(95-79)83(61-31-23-21-24-32-61)77-53-57-81(97-77)86(82-58-54-78(98-82)84(62-33-25-22-26-34-62)76-52-56-80(85)96-76)64-41-45-66(46-42-64)90(104)100-74-50-48-72-88-68(74)36-30-38-70(88)92(106)102(94(72)108)60-28-20-18-16-14-12-10-8-6-4-2;/h21-26,29-58H,3-20,27-28,59-60H2,1-2H3,(H4,95,96,97,98,99,100,103,104,105,106,107,108);/q;+2/p-2. The number of hydrogen-bond acceptors (Lipinski definition) is 8. The van der Waals surface area contributed by atoms with Gasteiger partial charge in [-0.2, -0.15) is 0 Å². The number of amides is 6. The van der Waals surface area contributed by atoms with E-state index >= 15 is 0 Å². The first-order chi connectivity index (χ1) is 53.0. The Balaban J connectivity index is 0.00000992. The van der Waals surface area contributed by atoms with E-state index < -0.39 is 0 Å². The van der Waals surface area contributed by atoms with Crippen LogP contribution in [0.3, 0.4) is 0 Å². The van der Waals surface area contributed by atoms with Gasteiger partial charge in [-0.3, -0.25) is 38.6 Å². The molecular weight excluding hydrogens is 1400 g/mol. The molecule has 0 saturated heterocycles. The van der Waals surface area contributed by atoms with Gasteiger partial charge in [0.25, 0.3) is 35.4 Å². The van der Waals surface area contributed by atoms with Crippen molar-refractivity contribution in [3.05, 3.63) is 250 Å². The average molecular weight is 1490 g/mol. The second-order valence-corrected chi connectivity index (χ2v) is 28.8. The molecule has 4 aliphatic rings. The number of benzene rings is 8. The van der Waals surface area contributed by atoms with Crippen molar-refractivity contribution in [3.63, 3.8) is 0 Å². The summed E-state index contributed by atoms with van der Waals surface area (Å²) in [7, 11) is 0. The maximum Gasteiger partial charge on any atom is 2.00 e. The van der Waals surface area contributed by atoms with E-state index in [0.717, 1.165) is 95.9 Å². The fourth-order valence-electron chi connectivity index (χ4n) is 15.9. The molecule has 7 heterocycles. The summed E-state index contributed by atoms with van der Waals surface area (Å²) in [5, 5.41) is 8.56. The first-order valence-electron chi connectivity index (χ1n) is 38.9. The molecular formula is C94H88N8O6Zn. The van der Waals surface area contributed by atoms with E-state index in [4.69, 9.17) is 19.9 Å². The Morgan fingerprint density at radius 1 is 0.321 bits per heavy atom. The molecule has 4 aliphatic heterocycles. The van der Waals surface area contributed by atoms with Crippen LogP contribution in [0.25, 0.3) is 112 Å². The predicted molar refractivity (Wildman–Crippen MR) is 437 cm³/mol. The number of aromatic nitrogens is 4. The van der Waals surface area contributed by atoms with E-state index in [1.165, 1.54) is 86.8 Å². The Kier molecular flexibility index (Phi) is 23.5. The van der Waals surface area contributed by atoms with Crippen LogP contribution in [0, 0.1) is 0 Å². The summed E-state index contributed by atoms with van der Waals surface area (Å²) >= 11 is 0. The fraction of sp³-hybridized carbons (Fsp3) is 0.255.